The lowest BCUT2D eigenvalue weighted by Gasteiger charge is -2.56. The maximum atomic E-state index is 11.8. The second-order valence-electron chi connectivity index (χ2n) is 8.53. The van der Waals surface area contributed by atoms with Gasteiger partial charge in [-0.1, -0.05) is 12.8 Å². The van der Waals surface area contributed by atoms with Gasteiger partial charge in [-0.15, -0.1) is 6.42 Å². The van der Waals surface area contributed by atoms with Gasteiger partial charge in [-0.2, -0.15) is 0 Å². The molecule has 130 valence electrons. The van der Waals surface area contributed by atoms with Gasteiger partial charge in [0, 0.05) is 11.8 Å². The van der Waals surface area contributed by atoms with Gasteiger partial charge in [-0.05, 0) is 80.3 Å². The summed E-state index contributed by atoms with van der Waals surface area (Å²) in [4.78, 5) is 11.8. The highest BCUT2D eigenvalue weighted by Gasteiger charge is 2.64. The van der Waals surface area contributed by atoms with E-state index in [9.17, 15) is 15.0 Å². The van der Waals surface area contributed by atoms with Crippen molar-refractivity contribution in [2.75, 3.05) is 0 Å². The predicted molar refractivity (Wildman–Crippen MR) is 91.9 cm³/mol. The van der Waals surface area contributed by atoms with Gasteiger partial charge in [0.25, 0.3) is 0 Å². The van der Waals surface area contributed by atoms with E-state index in [1.165, 1.54) is 0 Å². The summed E-state index contributed by atoms with van der Waals surface area (Å²) >= 11 is 0. The van der Waals surface area contributed by atoms with Crippen LogP contribution in [0.2, 0.25) is 0 Å². The van der Waals surface area contributed by atoms with Crippen LogP contribution in [0.1, 0.15) is 58.3 Å². The molecule has 24 heavy (non-hydrogen) atoms. The van der Waals surface area contributed by atoms with E-state index in [2.05, 4.69) is 12.8 Å². The van der Waals surface area contributed by atoms with Crippen LogP contribution in [0, 0.1) is 41.4 Å². The second kappa shape index (κ2) is 5.44. The number of carbonyl (C=O) groups is 1. The average Bonchev–Trinajstić information content (AvgIpc) is 2.89. The summed E-state index contributed by atoms with van der Waals surface area (Å²) in [5.41, 5.74) is -0.184. The van der Waals surface area contributed by atoms with Crippen molar-refractivity contribution < 1.29 is 15.0 Å². The van der Waals surface area contributed by atoms with Crippen LogP contribution in [0.4, 0.5) is 0 Å². The number of carbonyl (C=O) groups excluding carboxylic acids is 1. The SMILES string of the molecule is C#C[C@]1(O)CC[C@@H]2[C@@H]3C[C@@H](O)C4=CC(=O)CC[C@H]4[C@H]3CC[C@@]21CC. The fraction of sp³-hybridized carbons (Fsp3) is 0.762. The van der Waals surface area contributed by atoms with Crippen LogP contribution in [-0.2, 0) is 4.79 Å². The van der Waals surface area contributed by atoms with Crippen molar-refractivity contribution in [3.63, 3.8) is 0 Å². The van der Waals surface area contributed by atoms with E-state index >= 15 is 0 Å². The van der Waals surface area contributed by atoms with Crippen molar-refractivity contribution in [3.05, 3.63) is 11.6 Å². The van der Waals surface area contributed by atoms with Gasteiger partial charge in [-0.25, -0.2) is 0 Å². The van der Waals surface area contributed by atoms with Gasteiger partial charge >= 0.3 is 0 Å². The molecule has 4 aliphatic rings. The number of hydrogen-bond acceptors (Lipinski definition) is 3. The van der Waals surface area contributed by atoms with E-state index in [4.69, 9.17) is 6.42 Å². The number of aliphatic hydroxyl groups excluding tert-OH is 1. The van der Waals surface area contributed by atoms with Crippen LogP contribution in [0.3, 0.4) is 0 Å². The lowest BCUT2D eigenvalue weighted by molar-refractivity contribution is -0.119. The van der Waals surface area contributed by atoms with Crippen molar-refractivity contribution in [3.8, 4) is 12.3 Å². The third kappa shape index (κ3) is 1.96. The second-order valence-corrected chi connectivity index (χ2v) is 8.53. The summed E-state index contributed by atoms with van der Waals surface area (Å²) in [6, 6.07) is 0. The molecule has 4 rings (SSSR count). The maximum absolute atomic E-state index is 11.8. The Morgan fingerprint density at radius 3 is 2.79 bits per heavy atom. The largest absolute Gasteiger partial charge is 0.389 e. The fourth-order valence-electron chi connectivity index (χ4n) is 6.96. The molecule has 0 radical (unpaired) electrons. The van der Waals surface area contributed by atoms with Crippen molar-refractivity contribution in [1.82, 2.24) is 0 Å². The number of fused-ring (bicyclic) bond motifs is 5. The van der Waals surface area contributed by atoms with Crippen molar-refractivity contribution in [2.45, 2.75) is 70.0 Å². The molecule has 0 amide bonds. The van der Waals surface area contributed by atoms with Crippen molar-refractivity contribution in [1.29, 1.82) is 0 Å². The molecule has 4 aliphatic carbocycles. The molecule has 3 nitrogen and oxygen atoms in total. The molecule has 0 aromatic heterocycles. The molecule has 0 unspecified atom stereocenters. The zero-order chi connectivity index (χ0) is 17.1. The number of ketones is 1. The molecular formula is C21H28O3. The Labute approximate surface area is 144 Å². The summed E-state index contributed by atoms with van der Waals surface area (Å²) in [5, 5.41) is 21.8. The van der Waals surface area contributed by atoms with Crippen LogP contribution in [0.25, 0.3) is 0 Å². The van der Waals surface area contributed by atoms with E-state index < -0.39 is 11.7 Å². The number of aliphatic hydroxyl groups is 2. The quantitative estimate of drug-likeness (QED) is 0.728. The Kier molecular flexibility index (Phi) is 3.71. The Bertz CT molecular complexity index is 629. The fourth-order valence-corrected chi connectivity index (χ4v) is 6.96. The lowest BCUT2D eigenvalue weighted by Crippen LogP contribution is -2.55. The molecule has 0 aliphatic heterocycles. The standard InChI is InChI=1S/C21H28O3/c1-3-20-9-7-15-14-6-5-13(22)11-17(14)19(23)12-16(15)18(20)8-10-21(20,24)4-2/h2,11,14-16,18-19,23-24H,3,5-10,12H2,1H3/t14-,15+,16+,18+,19+,20-,21-/m0/s1. The molecule has 7 atom stereocenters. The van der Waals surface area contributed by atoms with Gasteiger partial charge in [0.15, 0.2) is 5.78 Å². The van der Waals surface area contributed by atoms with Gasteiger partial charge in [-0.3, -0.25) is 4.79 Å². The van der Waals surface area contributed by atoms with Gasteiger partial charge in [0.1, 0.15) is 5.60 Å². The summed E-state index contributed by atoms with van der Waals surface area (Å²) in [5.74, 6) is 4.62. The van der Waals surface area contributed by atoms with E-state index in [1.54, 1.807) is 6.08 Å². The highest BCUT2D eigenvalue weighted by Crippen LogP contribution is 2.66. The summed E-state index contributed by atoms with van der Waals surface area (Å²) in [6.45, 7) is 2.16. The molecule has 0 bridgehead atoms. The molecule has 0 aromatic carbocycles. The Morgan fingerprint density at radius 1 is 1.29 bits per heavy atom. The number of terminal acetylenes is 1. The zero-order valence-corrected chi connectivity index (χ0v) is 14.5. The maximum Gasteiger partial charge on any atom is 0.155 e. The van der Waals surface area contributed by atoms with Crippen LogP contribution in [0.15, 0.2) is 11.6 Å². The Morgan fingerprint density at radius 2 is 2.08 bits per heavy atom. The smallest absolute Gasteiger partial charge is 0.155 e. The van der Waals surface area contributed by atoms with Crippen molar-refractivity contribution in [2.24, 2.45) is 29.1 Å². The minimum Gasteiger partial charge on any atom is -0.389 e. The van der Waals surface area contributed by atoms with E-state index in [-0.39, 0.29) is 11.2 Å². The lowest BCUT2D eigenvalue weighted by atomic mass is 9.49. The molecule has 0 heterocycles. The summed E-state index contributed by atoms with van der Waals surface area (Å²) < 4.78 is 0. The average molecular weight is 328 g/mol. The Hall–Kier alpha value is -1.11. The van der Waals surface area contributed by atoms with Gasteiger partial charge < -0.3 is 10.2 Å². The molecule has 3 fully saturated rings. The van der Waals surface area contributed by atoms with E-state index in [0.717, 1.165) is 44.1 Å². The predicted octanol–water partition coefficient (Wildman–Crippen LogP) is 2.85. The third-order valence-electron chi connectivity index (χ3n) is 8.07. The van der Waals surface area contributed by atoms with Gasteiger partial charge in [0.2, 0.25) is 0 Å². The van der Waals surface area contributed by atoms with E-state index in [1.807, 2.05) is 0 Å². The summed E-state index contributed by atoms with van der Waals surface area (Å²) in [6.07, 6.45) is 13.8. The monoisotopic (exact) mass is 328 g/mol. The minimum absolute atomic E-state index is 0.167. The third-order valence-corrected chi connectivity index (χ3v) is 8.07. The van der Waals surface area contributed by atoms with Crippen LogP contribution in [0.5, 0.6) is 0 Å². The molecule has 3 saturated carbocycles. The van der Waals surface area contributed by atoms with E-state index in [0.29, 0.717) is 36.5 Å². The molecule has 0 aromatic rings. The molecular weight excluding hydrogens is 300 g/mol. The summed E-state index contributed by atoms with van der Waals surface area (Å²) in [7, 11) is 0. The molecule has 2 N–H and O–H groups in total. The highest BCUT2D eigenvalue weighted by molar-refractivity contribution is 5.91. The van der Waals surface area contributed by atoms with Crippen LogP contribution >= 0.6 is 0 Å². The number of hydrogen-bond donors (Lipinski definition) is 2. The first-order valence-corrected chi connectivity index (χ1v) is 9.58. The Balaban J connectivity index is 1.71. The number of rotatable bonds is 1. The molecule has 0 saturated heterocycles. The highest BCUT2D eigenvalue weighted by atomic mass is 16.3. The van der Waals surface area contributed by atoms with Crippen molar-refractivity contribution >= 4 is 5.78 Å². The normalized spacial score (nSPS) is 50.3. The molecule has 0 spiro atoms. The molecule has 3 heteroatoms. The first kappa shape index (κ1) is 16.4. The first-order chi connectivity index (χ1) is 11.5. The topological polar surface area (TPSA) is 57.5 Å². The minimum atomic E-state index is -0.985. The van der Waals surface area contributed by atoms with Gasteiger partial charge in [0.05, 0.1) is 6.10 Å². The zero-order valence-electron chi connectivity index (χ0n) is 14.5. The van der Waals surface area contributed by atoms with Crippen LogP contribution in [-0.4, -0.2) is 27.7 Å². The first-order valence-electron chi connectivity index (χ1n) is 9.58. The van der Waals surface area contributed by atoms with Crippen LogP contribution < -0.4 is 0 Å².